The Balaban J connectivity index is 2.07. The molecule has 0 radical (unpaired) electrons. The van der Waals surface area contributed by atoms with Crippen LogP contribution in [-0.2, 0) is 0 Å². The van der Waals surface area contributed by atoms with Crippen LogP contribution in [0.15, 0.2) is 104 Å². The Kier molecular flexibility index (Phi) is 4.48. The first-order valence-corrected chi connectivity index (χ1v) is 8.73. The van der Waals surface area contributed by atoms with E-state index in [4.69, 9.17) is 0 Å². The Morgan fingerprint density at radius 3 is 1.85 bits per heavy atom. The highest BCUT2D eigenvalue weighted by Crippen LogP contribution is 2.33. The molecule has 0 spiro atoms. The zero-order valence-electron chi connectivity index (χ0n) is 14.7. The highest BCUT2D eigenvalue weighted by Gasteiger charge is 2.15. The average molecular weight is 336 g/mol. The average Bonchev–Trinajstić information content (AvgIpc) is 3.22. The number of hydrogen-bond donors (Lipinski definition) is 0. The van der Waals surface area contributed by atoms with E-state index in [-0.39, 0.29) is 0 Å². The molecule has 0 atom stereocenters. The van der Waals surface area contributed by atoms with E-state index in [1.54, 1.807) is 0 Å². The van der Waals surface area contributed by atoms with Crippen molar-refractivity contribution >= 4 is 11.3 Å². The largest absolute Gasteiger partial charge is 0.305 e. The van der Waals surface area contributed by atoms with E-state index in [0.717, 1.165) is 11.3 Å². The first-order valence-electron chi connectivity index (χ1n) is 8.73. The summed E-state index contributed by atoms with van der Waals surface area (Å²) in [5, 5.41) is 0. The Labute approximate surface area is 154 Å². The van der Waals surface area contributed by atoms with Gasteiger partial charge in [0.15, 0.2) is 0 Å². The predicted molar refractivity (Wildman–Crippen MR) is 108 cm³/mol. The summed E-state index contributed by atoms with van der Waals surface area (Å²) in [6.45, 7) is 2.11. The molecule has 0 N–H and O–H groups in total. The number of imidazole rings is 1. The first-order chi connectivity index (χ1) is 12.8. The van der Waals surface area contributed by atoms with Crippen LogP contribution in [0.25, 0.3) is 11.3 Å². The van der Waals surface area contributed by atoms with Gasteiger partial charge in [-0.2, -0.15) is 0 Å². The maximum Gasteiger partial charge on any atom is 0.0992 e. The molecule has 2 heteroatoms. The summed E-state index contributed by atoms with van der Waals surface area (Å²) in [7, 11) is 0. The topological polar surface area (TPSA) is 17.8 Å². The summed E-state index contributed by atoms with van der Waals surface area (Å²) in [6.07, 6.45) is 5.68. The third kappa shape index (κ3) is 3.22. The molecule has 0 aliphatic carbocycles. The van der Waals surface area contributed by atoms with E-state index in [9.17, 15) is 0 Å². The van der Waals surface area contributed by atoms with E-state index in [1.807, 2.05) is 24.8 Å². The summed E-state index contributed by atoms with van der Waals surface area (Å²) in [5.41, 5.74) is 7.10. The molecule has 4 rings (SSSR count). The van der Waals surface area contributed by atoms with Gasteiger partial charge in [0.2, 0.25) is 0 Å². The Morgan fingerprint density at radius 2 is 1.27 bits per heavy atom. The molecule has 0 fully saturated rings. The molecular formula is C24H20N2. The van der Waals surface area contributed by atoms with Crippen LogP contribution in [0.2, 0.25) is 0 Å². The second-order valence-electron chi connectivity index (χ2n) is 6.29. The smallest absolute Gasteiger partial charge is 0.0992 e. The molecule has 0 unspecified atom stereocenters. The SMILES string of the molecule is Cc1ccc(C(=C(c2ccccc2)n2ccnc2)c2ccccc2)cc1. The molecule has 3 aromatic carbocycles. The van der Waals surface area contributed by atoms with E-state index < -0.39 is 0 Å². The zero-order valence-corrected chi connectivity index (χ0v) is 14.7. The van der Waals surface area contributed by atoms with E-state index in [2.05, 4.69) is 95.3 Å². The van der Waals surface area contributed by atoms with E-state index in [1.165, 1.54) is 22.3 Å². The lowest BCUT2D eigenvalue weighted by atomic mass is 9.92. The van der Waals surface area contributed by atoms with Crippen LogP contribution >= 0.6 is 0 Å². The predicted octanol–water partition coefficient (Wildman–Crippen LogP) is 5.66. The van der Waals surface area contributed by atoms with Gasteiger partial charge in [0.05, 0.1) is 12.0 Å². The van der Waals surface area contributed by atoms with Crippen molar-refractivity contribution in [3.05, 3.63) is 126 Å². The lowest BCUT2D eigenvalue weighted by molar-refractivity contribution is 1.09. The number of nitrogens with zero attached hydrogens (tertiary/aromatic N) is 2. The number of aryl methyl sites for hydroxylation is 1. The molecule has 126 valence electrons. The van der Waals surface area contributed by atoms with Gasteiger partial charge in [-0.15, -0.1) is 0 Å². The highest BCUT2D eigenvalue weighted by atomic mass is 15.0. The Hall–Kier alpha value is -3.39. The maximum atomic E-state index is 4.28. The molecule has 4 aromatic rings. The van der Waals surface area contributed by atoms with Gasteiger partial charge >= 0.3 is 0 Å². The Bertz CT molecular complexity index is 997. The molecule has 1 heterocycles. The molecule has 26 heavy (non-hydrogen) atoms. The molecule has 0 saturated heterocycles. The van der Waals surface area contributed by atoms with E-state index in [0.29, 0.717) is 0 Å². The normalized spacial score (nSPS) is 11.9. The lowest BCUT2D eigenvalue weighted by Crippen LogP contribution is -2.02. The second kappa shape index (κ2) is 7.24. The van der Waals surface area contributed by atoms with E-state index >= 15 is 0 Å². The van der Waals surface area contributed by atoms with Gasteiger partial charge in [0.1, 0.15) is 0 Å². The summed E-state index contributed by atoms with van der Waals surface area (Å²) >= 11 is 0. The van der Waals surface area contributed by atoms with Crippen LogP contribution in [0.4, 0.5) is 0 Å². The quantitative estimate of drug-likeness (QED) is 0.440. The minimum absolute atomic E-state index is 1.12. The molecule has 0 bridgehead atoms. The molecular weight excluding hydrogens is 316 g/mol. The van der Waals surface area contributed by atoms with Gasteiger partial charge in [0.25, 0.3) is 0 Å². The van der Waals surface area contributed by atoms with Crippen molar-refractivity contribution < 1.29 is 0 Å². The van der Waals surface area contributed by atoms with Crippen molar-refractivity contribution in [2.24, 2.45) is 0 Å². The monoisotopic (exact) mass is 336 g/mol. The number of rotatable bonds is 4. The van der Waals surface area contributed by atoms with Gasteiger partial charge in [-0.05, 0) is 23.6 Å². The van der Waals surface area contributed by atoms with Crippen molar-refractivity contribution in [3.8, 4) is 0 Å². The fourth-order valence-corrected chi connectivity index (χ4v) is 3.18. The minimum atomic E-state index is 1.12. The van der Waals surface area contributed by atoms with Crippen molar-refractivity contribution in [1.29, 1.82) is 0 Å². The van der Waals surface area contributed by atoms with Crippen molar-refractivity contribution in [3.63, 3.8) is 0 Å². The van der Waals surface area contributed by atoms with Gasteiger partial charge in [-0.1, -0.05) is 90.5 Å². The molecule has 2 nitrogen and oxygen atoms in total. The molecule has 1 aromatic heterocycles. The van der Waals surface area contributed by atoms with Crippen LogP contribution in [0.5, 0.6) is 0 Å². The van der Waals surface area contributed by atoms with Crippen molar-refractivity contribution in [1.82, 2.24) is 9.55 Å². The number of hydrogen-bond acceptors (Lipinski definition) is 1. The van der Waals surface area contributed by atoms with Crippen LogP contribution in [-0.4, -0.2) is 9.55 Å². The second-order valence-corrected chi connectivity index (χ2v) is 6.29. The number of benzene rings is 3. The van der Waals surface area contributed by atoms with Crippen LogP contribution in [0.3, 0.4) is 0 Å². The first kappa shape index (κ1) is 16.1. The van der Waals surface area contributed by atoms with Crippen molar-refractivity contribution in [2.45, 2.75) is 6.92 Å². The summed E-state index contributed by atoms with van der Waals surface area (Å²) in [6, 6.07) is 29.7. The van der Waals surface area contributed by atoms with Crippen LogP contribution in [0.1, 0.15) is 22.3 Å². The summed E-state index contributed by atoms with van der Waals surface area (Å²) < 4.78 is 2.09. The zero-order chi connectivity index (χ0) is 17.8. The van der Waals surface area contributed by atoms with Gasteiger partial charge in [-0.25, -0.2) is 4.98 Å². The fraction of sp³-hybridized carbons (Fsp3) is 0.0417. The highest BCUT2D eigenvalue weighted by molar-refractivity contribution is 5.98. The molecule has 0 saturated carbocycles. The van der Waals surface area contributed by atoms with Crippen LogP contribution in [0, 0.1) is 6.92 Å². The lowest BCUT2D eigenvalue weighted by Gasteiger charge is -2.18. The Morgan fingerprint density at radius 1 is 0.692 bits per heavy atom. The van der Waals surface area contributed by atoms with Crippen LogP contribution < -0.4 is 0 Å². The van der Waals surface area contributed by atoms with Gasteiger partial charge in [-0.3, -0.25) is 0 Å². The van der Waals surface area contributed by atoms with Gasteiger partial charge < -0.3 is 4.57 Å². The molecule has 0 aliphatic rings. The maximum absolute atomic E-state index is 4.28. The third-order valence-electron chi connectivity index (χ3n) is 4.45. The summed E-state index contributed by atoms with van der Waals surface area (Å²) in [4.78, 5) is 4.28. The standard InChI is InChI=1S/C24H20N2/c1-19-12-14-21(15-13-19)23(20-8-4-2-5-9-20)24(26-17-16-25-18-26)22-10-6-3-7-11-22/h2-18H,1H3. The molecule has 0 amide bonds. The minimum Gasteiger partial charge on any atom is -0.305 e. The third-order valence-corrected chi connectivity index (χ3v) is 4.45. The number of aromatic nitrogens is 2. The summed E-state index contributed by atoms with van der Waals surface area (Å²) in [5.74, 6) is 0. The fourth-order valence-electron chi connectivity index (χ4n) is 3.18. The molecule has 0 aliphatic heterocycles. The van der Waals surface area contributed by atoms with Crippen molar-refractivity contribution in [2.75, 3.05) is 0 Å². The van der Waals surface area contributed by atoms with Gasteiger partial charge in [0, 0.05) is 18.0 Å².